The summed E-state index contributed by atoms with van der Waals surface area (Å²) in [5, 5.41) is 2.97. The number of hydrogen-bond donors (Lipinski definition) is 1. The molecule has 152 valence electrons. The van der Waals surface area contributed by atoms with Crippen LogP contribution in [0, 0.1) is 27.7 Å². The second-order valence-electron chi connectivity index (χ2n) is 7.59. The van der Waals surface area contributed by atoms with Crippen LogP contribution in [0.5, 0.6) is 0 Å². The van der Waals surface area contributed by atoms with Crippen LogP contribution in [-0.2, 0) is 14.8 Å². The van der Waals surface area contributed by atoms with Crippen LogP contribution < -0.4 is 9.62 Å². The lowest BCUT2D eigenvalue weighted by atomic mass is 9.96. The predicted octanol–water partition coefficient (Wildman–Crippen LogP) is 3.95. The molecule has 0 saturated heterocycles. The van der Waals surface area contributed by atoms with E-state index < -0.39 is 16.1 Å². The van der Waals surface area contributed by atoms with Gasteiger partial charge in [-0.2, -0.15) is 0 Å². The summed E-state index contributed by atoms with van der Waals surface area (Å²) in [7, 11) is -3.62. The molecule has 0 aliphatic rings. The minimum atomic E-state index is -3.62. The molecule has 0 bridgehead atoms. The zero-order valence-corrected chi connectivity index (χ0v) is 18.5. The third-order valence-electron chi connectivity index (χ3n) is 5.08. The van der Waals surface area contributed by atoms with Gasteiger partial charge in [-0.3, -0.25) is 9.10 Å². The number of nitrogens with zero attached hydrogens (tertiary/aromatic N) is 1. The maximum absolute atomic E-state index is 12.9. The molecule has 0 fully saturated rings. The van der Waals surface area contributed by atoms with E-state index in [1.54, 1.807) is 19.1 Å². The normalized spacial score (nSPS) is 13.7. The number of carbonyl (C=O) groups excluding carboxylic acids is 1. The van der Waals surface area contributed by atoms with Crippen molar-refractivity contribution in [3.63, 3.8) is 0 Å². The van der Waals surface area contributed by atoms with Gasteiger partial charge in [0.25, 0.3) is 0 Å². The molecule has 2 rings (SSSR count). The van der Waals surface area contributed by atoms with Crippen LogP contribution in [0.15, 0.2) is 36.4 Å². The molecule has 2 atom stereocenters. The number of benzene rings is 2. The molecule has 0 heterocycles. The molecule has 5 nitrogen and oxygen atoms in total. The summed E-state index contributed by atoms with van der Waals surface area (Å²) in [6.07, 6.45) is 1.12. The fourth-order valence-electron chi connectivity index (χ4n) is 3.36. The summed E-state index contributed by atoms with van der Waals surface area (Å²) in [5.41, 5.74) is 5.99. The lowest BCUT2D eigenvalue weighted by Crippen LogP contribution is -2.48. The Morgan fingerprint density at radius 2 is 1.46 bits per heavy atom. The van der Waals surface area contributed by atoms with Gasteiger partial charge in [0.15, 0.2) is 0 Å². The second kappa shape index (κ2) is 8.35. The maximum atomic E-state index is 12.9. The number of carbonyl (C=O) groups is 1. The number of rotatable bonds is 6. The minimum absolute atomic E-state index is 0.228. The van der Waals surface area contributed by atoms with Crippen LogP contribution in [-0.4, -0.2) is 26.6 Å². The van der Waals surface area contributed by atoms with E-state index in [1.165, 1.54) is 9.87 Å². The van der Waals surface area contributed by atoms with Crippen molar-refractivity contribution in [1.82, 2.24) is 5.32 Å². The largest absolute Gasteiger partial charge is 0.348 e. The lowest BCUT2D eigenvalue weighted by molar-refractivity contribution is -0.122. The minimum Gasteiger partial charge on any atom is -0.348 e. The summed E-state index contributed by atoms with van der Waals surface area (Å²) >= 11 is 0. The van der Waals surface area contributed by atoms with E-state index in [1.807, 2.05) is 39.8 Å². The van der Waals surface area contributed by atoms with Crippen LogP contribution in [0.1, 0.15) is 47.7 Å². The van der Waals surface area contributed by atoms with Crippen LogP contribution in [0.3, 0.4) is 0 Å². The Morgan fingerprint density at radius 1 is 0.929 bits per heavy atom. The molecule has 28 heavy (non-hydrogen) atoms. The summed E-state index contributed by atoms with van der Waals surface area (Å²) in [6.45, 7) is 11.6. The smallest absolute Gasteiger partial charge is 0.244 e. The van der Waals surface area contributed by atoms with Crippen molar-refractivity contribution >= 4 is 21.6 Å². The van der Waals surface area contributed by atoms with Crippen LogP contribution >= 0.6 is 0 Å². The van der Waals surface area contributed by atoms with Crippen LogP contribution in [0.4, 0.5) is 5.69 Å². The van der Waals surface area contributed by atoms with Gasteiger partial charge in [0.05, 0.1) is 18.0 Å². The van der Waals surface area contributed by atoms with Crippen LogP contribution in [0.2, 0.25) is 0 Å². The highest BCUT2D eigenvalue weighted by Gasteiger charge is 2.30. The summed E-state index contributed by atoms with van der Waals surface area (Å²) in [6, 6.07) is 10.2. The topological polar surface area (TPSA) is 66.5 Å². The fourth-order valence-corrected chi connectivity index (χ4v) is 4.54. The van der Waals surface area contributed by atoms with Crippen molar-refractivity contribution in [2.24, 2.45) is 0 Å². The number of hydrogen-bond acceptors (Lipinski definition) is 3. The van der Waals surface area contributed by atoms with Crippen molar-refractivity contribution < 1.29 is 13.2 Å². The molecule has 1 N–H and O–H groups in total. The Bertz CT molecular complexity index is 966. The van der Waals surface area contributed by atoms with E-state index in [2.05, 4.69) is 24.4 Å². The second-order valence-corrected chi connectivity index (χ2v) is 9.45. The van der Waals surface area contributed by atoms with Gasteiger partial charge in [-0.15, -0.1) is 0 Å². The average molecular weight is 403 g/mol. The quantitative estimate of drug-likeness (QED) is 0.795. The fraction of sp³-hybridized carbons (Fsp3) is 0.409. The molecule has 1 amide bonds. The van der Waals surface area contributed by atoms with Gasteiger partial charge in [-0.1, -0.05) is 29.8 Å². The van der Waals surface area contributed by atoms with Gasteiger partial charge in [-0.05, 0) is 75.9 Å². The first-order chi connectivity index (χ1) is 12.9. The number of anilines is 1. The monoisotopic (exact) mass is 402 g/mol. The summed E-state index contributed by atoms with van der Waals surface area (Å²) in [5.74, 6) is -0.337. The highest BCUT2D eigenvalue weighted by atomic mass is 32.2. The predicted molar refractivity (Wildman–Crippen MR) is 115 cm³/mol. The molecule has 0 unspecified atom stereocenters. The Hall–Kier alpha value is -2.34. The van der Waals surface area contributed by atoms with Gasteiger partial charge in [0, 0.05) is 0 Å². The SMILES string of the molecule is Cc1ccc(N([C@H](C)C(=O)N[C@H](C)c2cc(C)c(C)cc2C)S(C)(=O)=O)cc1. The molecule has 6 heteroatoms. The number of aryl methyl sites for hydroxylation is 4. The first-order valence-corrected chi connectivity index (χ1v) is 11.2. The number of nitrogens with one attached hydrogen (secondary N) is 1. The van der Waals surface area contributed by atoms with E-state index in [0.29, 0.717) is 5.69 Å². The van der Waals surface area contributed by atoms with E-state index in [0.717, 1.165) is 28.5 Å². The molecule has 0 saturated carbocycles. The molecule has 2 aromatic carbocycles. The summed E-state index contributed by atoms with van der Waals surface area (Å²) in [4.78, 5) is 12.9. The first-order valence-electron chi connectivity index (χ1n) is 9.36. The zero-order chi connectivity index (χ0) is 21.2. The molecule has 0 aromatic heterocycles. The molecule has 0 aliphatic carbocycles. The summed E-state index contributed by atoms with van der Waals surface area (Å²) < 4.78 is 26.0. The number of amides is 1. The first kappa shape index (κ1) is 22.0. The molecular weight excluding hydrogens is 372 g/mol. The Labute approximate surface area is 168 Å². The highest BCUT2D eigenvalue weighted by Crippen LogP contribution is 2.24. The van der Waals surface area contributed by atoms with Crippen LogP contribution in [0.25, 0.3) is 0 Å². The molecule has 0 spiro atoms. The maximum Gasteiger partial charge on any atom is 0.244 e. The lowest BCUT2D eigenvalue weighted by Gasteiger charge is -2.29. The molecule has 0 radical (unpaired) electrons. The van der Waals surface area contributed by atoms with Crippen molar-refractivity contribution in [2.75, 3.05) is 10.6 Å². The van der Waals surface area contributed by atoms with Crippen molar-refractivity contribution in [3.8, 4) is 0 Å². The third kappa shape index (κ3) is 4.93. The Kier molecular flexibility index (Phi) is 6.55. The molecular formula is C22H30N2O3S. The van der Waals surface area contributed by atoms with Gasteiger partial charge in [0.2, 0.25) is 15.9 Å². The Balaban J connectivity index is 2.28. The van der Waals surface area contributed by atoms with Gasteiger partial charge >= 0.3 is 0 Å². The molecule has 2 aromatic rings. The average Bonchev–Trinajstić information content (AvgIpc) is 2.58. The van der Waals surface area contributed by atoms with Crippen molar-refractivity contribution in [1.29, 1.82) is 0 Å². The van der Waals surface area contributed by atoms with Crippen molar-refractivity contribution in [3.05, 3.63) is 64.2 Å². The van der Waals surface area contributed by atoms with Crippen molar-refractivity contribution in [2.45, 2.75) is 53.6 Å². The van der Waals surface area contributed by atoms with E-state index in [9.17, 15) is 13.2 Å². The van der Waals surface area contributed by atoms with E-state index in [-0.39, 0.29) is 11.9 Å². The Morgan fingerprint density at radius 3 is 2.00 bits per heavy atom. The third-order valence-corrected chi connectivity index (χ3v) is 6.33. The van der Waals surface area contributed by atoms with Gasteiger partial charge in [-0.25, -0.2) is 8.42 Å². The standard InChI is InChI=1S/C22H30N2O3S/c1-14-8-10-20(11-9-14)24(28(7,26)27)19(6)22(25)23-18(5)21-13-16(3)15(2)12-17(21)4/h8-13,18-19H,1-7H3,(H,23,25)/t18-,19-/m1/s1. The van der Waals surface area contributed by atoms with Gasteiger partial charge < -0.3 is 5.32 Å². The number of sulfonamides is 1. The van der Waals surface area contributed by atoms with E-state index >= 15 is 0 Å². The molecule has 0 aliphatic heterocycles. The highest BCUT2D eigenvalue weighted by molar-refractivity contribution is 7.92. The zero-order valence-electron chi connectivity index (χ0n) is 17.7. The van der Waals surface area contributed by atoms with Gasteiger partial charge in [0.1, 0.15) is 6.04 Å². The van der Waals surface area contributed by atoms with E-state index in [4.69, 9.17) is 0 Å².